The van der Waals surface area contributed by atoms with Crippen LogP contribution in [0, 0.1) is 0 Å². The normalized spacial score (nSPS) is 10.7. The van der Waals surface area contributed by atoms with Crippen LogP contribution in [-0.2, 0) is 11.3 Å². The van der Waals surface area contributed by atoms with Gasteiger partial charge in [-0.1, -0.05) is 12.1 Å². The molecule has 4 N–H and O–H groups in total. The first-order valence-corrected chi connectivity index (χ1v) is 6.19. The fourth-order valence-electron chi connectivity index (χ4n) is 1.69. The molecule has 0 fully saturated rings. The molecule has 0 bridgehead atoms. The number of hydrogen-bond acceptors (Lipinski definition) is 4. The monoisotopic (exact) mass is 286 g/mol. The van der Waals surface area contributed by atoms with Crippen molar-refractivity contribution in [3.8, 4) is 0 Å². The molecule has 1 aromatic heterocycles. The topological polar surface area (TPSA) is 106 Å². The third-order valence-electron chi connectivity index (χ3n) is 2.65. The molecule has 108 valence electrons. The van der Waals surface area contributed by atoms with Crippen LogP contribution < -0.4 is 11.1 Å². The van der Waals surface area contributed by atoms with Crippen molar-refractivity contribution < 1.29 is 19.1 Å². The molecule has 0 atom stereocenters. The van der Waals surface area contributed by atoms with Gasteiger partial charge in [0, 0.05) is 11.8 Å². The van der Waals surface area contributed by atoms with Crippen LogP contribution in [0.4, 0.5) is 5.69 Å². The molecule has 1 aromatic carbocycles. The van der Waals surface area contributed by atoms with Gasteiger partial charge in [-0.05, 0) is 35.9 Å². The summed E-state index contributed by atoms with van der Waals surface area (Å²) in [6, 6.07) is 9.98. The van der Waals surface area contributed by atoms with E-state index in [2.05, 4.69) is 5.32 Å². The average Bonchev–Trinajstić information content (AvgIpc) is 2.94. The number of amides is 1. The summed E-state index contributed by atoms with van der Waals surface area (Å²) in [4.78, 5) is 22.4. The van der Waals surface area contributed by atoms with Crippen molar-refractivity contribution >= 4 is 23.6 Å². The summed E-state index contributed by atoms with van der Waals surface area (Å²) in [5, 5.41) is 11.3. The number of rotatable bonds is 5. The lowest BCUT2D eigenvalue weighted by Gasteiger charge is -2.04. The van der Waals surface area contributed by atoms with Crippen molar-refractivity contribution in [1.82, 2.24) is 0 Å². The van der Waals surface area contributed by atoms with E-state index >= 15 is 0 Å². The van der Waals surface area contributed by atoms with Gasteiger partial charge in [0.2, 0.25) is 0 Å². The summed E-state index contributed by atoms with van der Waals surface area (Å²) >= 11 is 0. The third-order valence-corrected chi connectivity index (χ3v) is 2.65. The Kier molecular flexibility index (Phi) is 4.53. The maximum atomic E-state index is 12.0. The molecule has 2 rings (SSSR count). The number of anilines is 1. The van der Waals surface area contributed by atoms with E-state index in [1.165, 1.54) is 6.08 Å². The zero-order valence-electron chi connectivity index (χ0n) is 11.1. The Morgan fingerprint density at radius 1 is 1.29 bits per heavy atom. The first-order valence-electron chi connectivity index (χ1n) is 6.19. The van der Waals surface area contributed by atoms with Crippen molar-refractivity contribution in [2.45, 2.75) is 6.54 Å². The Bertz CT molecular complexity index is 688. The van der Waals surface area contributed by atoms with Crippen LogP contribution in [0.1, 0.15) is 21.9 Å². The summed E-state index contributed by atoms with van der Waals surface area (Å²) in [6.45, 7) is 0.225. The highest BCUT2D eigenvalue weighted by Crippen LogP contribution is 2.14. The van der Waals surface area contributed by atoms with E-state index < -0.39 is 11.9 Å². The second kappa shape index (κ2) is 6.53. The Morgan fingerprint density at radius 2 is 2.10 bits per heavy atom. The number of hydrogen-bond donors (Lipinski definition) is 3. The third kappa shape index (κ3) is 4.05. The minimum absolute atomic E-state index is 0.168. The Balaban J connectivity index is 2.10. The molecule has 21 heavy (non-hydrogen) atoms. The molecule has 0 spiro atoms. The molecule has 0 radical (unpaired) electrons. The molecular formula is C15H14N2O4. The standard InChI is InChI=1S/C15H14N2O4/c16-9-12-5-6-13(21-12)15(20)17-11-3-1-2-10(8-11)4-7-14(18)19/h1-8H,9,16H2,(H,17,20)(H,18,19)/b7-4+. The van der Waals surface area contributed by atoms with Crippen LogP contribution in [-0.4, -0.2) is 17.0 Å². The molecule has 6 nitrogen and oxygen atoms in total. The van der Waals surface area contributed by atoms with Gasteiger partial charge in [-0.2, -0.15) is 0 Å². The molecule has 0 saturated heterocycles. The molecule has 0 unspecified atom stereocenters. The van der Waals surface area contributed by atoms with Crippen molar-refractivity contribution in [3.63, 3.8) is 0 Å². The number of carbonyl (C=O) groups excluding carboxylic acids is 1. The van der Waals surface area contributed by atoms with Gasteiger partial charge in [0.05, 0.1) is 6.54 Å². The van der Waals surface area contributed by atoms with Gasteiger partial charge in [-0.25, -0.2) is 4.79 Å². The van der Waals surface area contributed by atoms with Gasteiger partial charge >= 0.3 is 5.97 Å². The van der Waals surface area contributed by atoms with Gasteiger partial charge in [0.1, 0.15) is 5.76 Å². The minimum Gasteiger partial charge on any atom is -0.478 e. The molecule has 0 aliphatic heterocycles. The number of nitrogens with two attached hydrogens (primary N) is 1. The molecule has 0 aliphatic rings. The lowest BCUT2D eigenvalue weighted by Crippen LogP contribution is -2.10. The summed E-state index contributed by atoms with van der Waals surface area (Å²) in [5.74, 6) is -0.733. The molecule has 0 saturated carbocycles. The van der Waals surface area contributed by atoms with Crippen LogP contribution >= 0.6 is 0 Å². The van der Waals surface area contributed by atoms with Gasteiger partial charge < -0.3 is 20.6 Å². The van der Waals surface area contributed by atoms with Crippen LogP contribution in [0.15, 0.2) is 46.9 Å². The number of benzene rings is 1. The lowest BCUT2D eigenvalue weighted by atomic mass is 10.2. The molecule has 0 aliphatic carbocycles. The zero-order valence-corrected chi connectivity index (χ0v) is 11.1. The van der Waals surface area contributed by atoms with Gasteiger partial charge in [0.25, 0.3) is 5.91 Å². The van der Waals surface area contributed by atoms with E-state index in [9.17, 15) is 9.59 Å². The summed E-state index contributed by atoms with van der Waals surface area (Å²) in [6.07, 6.45) is 2.47. The van der Waals surface area contributed by atoms with E-state index in [0.29, 0.717) is 17.0 Å². The Morgan fingerprint density at radius 3 is 2.76 bits per heavy atom. The van der Waals surface area contributed by atoms with Crippen LogP contribution in [0.2, 0.25) is 0 Å². The first kappa shape index (κ1) is 14.5. The number of aliphatic carboxylic acids is 1. The lowest BCUT2D eigenvalue weighted by molar-refractivity contribution is -0.131. The molecule has 6 heteroatoms. The van der Waals surface area contributed by atoms with Gasteiger partial charge in [-0.15, -0.1) is 0 Å². The number of carbonyl (C=O) groups is 2. The smallest absolute Gasteiger partial charge is 0.328 e. The summed E-state index contributed by atoms with van der Waals surface area (Å²) in [5.41, 5.74) is 6.62. The van der Waals surface area contributed by atoms with E-state index in [-0.39, 0.29) is 12.3 Å². The van der Waals surface area contributed by atoms with Crippen molar-refractivity contribution in [3.05, 3.63) is 59.6 Å². The Hall–Kier alpha value is -2.86. The Labute approximate surface area is 120 Å². The first-order chi connectivity index (χ1) is 10.1. The quantitative estimate of drug-likeness (QED) is 0.730. The van der Waals surface area contributed by atoms with Crippen molar-refractivity contribution in [1.29, 1.82) is 0 Å². The molecule has 1 amide bonds. The fraction of sp³-hybridized carbons (Fsp3) is 0.0667. The van der Waals surface area contributed by atoms with Crippen LogP contribution in [0.3, 0.4) is 0 Å². The number of nitrogens with one attached hydrogen (secondary N) is 1. The average molecular weight is 286 g/mol. The summed E-state index contributed by atoms with van der Waals surface area (Å²) in [7, 11) is 0. The maximum absolute atomic E-state index is 12.0. The maximum Gasteiger partial charge on any atom is 0.328 e. The fourth-order valence-corrected chi connectivity index (χ4v) is 1.69. The van der Waals surface area contributed by atoms with Crippen molar-refractivity contribution in [2.75, 3.05) is 5.32 Å². The van der Waals surface area contributed by atoms with Gasteiger partial charge in [-0.3, -0.25) is 4.79 Å². The zero-order chi connectivity index (χ0) is 15.2. The highest BCUT2D eigenvalue weighted by Gasteiger charge is 2.10. The van der Waals surface area contributed by atoms with Gasteiger partial charge in [0.15, 0.2) is 5.76 Å². The highest BCUT2D eigenvalue weighted by molar-refractivity contribution is 6.02. The predicted octanol–water partition coefficient (Wildman–Crippen LogP) is 2.09. The second-order valence-electron chi connectivity index (χ2n) is 4.22. The molecule has 2 aromatic rings. The molecule has 1 heterocycles. The van der Waals surface area contributed by atoms with Crippen LogP contribution in [0.25, 0.3) is 6.08 Å². The largest absolute Gasteiger partial charge is 0.478 e. The van der Waals surface area contributed by atoms with E-state index in [1.807, 2.05) is 0 Å². The number of carboxylic acids is 1. The highest BCUT2D eigenvalue weighted by atomic mass is 16.4. The predicted molar refractivity (Wildman–Crippen MR) is 77.7 cm³/mol. The number of furan rings is 1. The van der Waals surface area contributed by atoms with E-state index in [4.69, 9.17) is 15.3 Å². The summed E-state index contributed by atoms with van der Waals surface area (Å²) < 4.78 is 5.25. The van der Waals surface area contributed by atoms with E-state index in [0.717, 1.165) is 6.08 Å². The molecular weight excluding hydrogens is 272 g/mol. The second-order valence-corrected chi connectivity index (χ2v) is 4.22. The van der Waals surface area contributed by atoms with Crippen molar-refractivity contribution in [2.24, 2.45) is 5.73 Å². The van der Waals surface area contributed by atoms with Crippen LogP contribution in [0.5, 0.6) is 0 Å². The number of carboxylic acid groups (broad SMARTS) is 1. The minimum atomic E-state index is -1.03. The SMILES string of the molecule is NCc1ccc(C(=O)Nc2cccc(/C=C/C(=O)O)c2)o1. The van der Waals surface area contributed by atoms with E-state index in [1.54, 1.807) is 36.4 Å².